The van der Waals surface area contributed by atoms with Crippen molar-refractivity contribution in [3.05, 3.63) is 22.6 Å². The van der Waals surface area contributed by atoms with Gasteiger partial charge in [-0.1, -0.05) is 0 Å². The fraction of sp³-hybridized carbons (Fsp3) is 0.636. The Labute approximate surface area is 92.2 Å². The van der Waals surface area contributed by atoms with Crippen LogP contribution in [0.1, 0.15) is 31.4 Å². The number of halogens is 1. The standard InChI is InChI=1S/C11H14BrNO/c12-10-4-3-9(14-10)11(5-6-11)8-2-1-7-13-8/h3-4,8,13H,1-2,5-7H2. The first kappa shape index (κ1) is 8.98. The first-order valence-corrected chi connectivity index (χ1v) is 6.10. The van der Waals surface area contributed by atoms with Crippen LogP contribution in [0.3, 0.4) is 0 Å². The van der Waals surface area contributed by atoms with Gasteiger partial charge in [0, 0.05) is 11.5 Å². The van der Waals surface area contributed by atoms with Gasteiger partial charge in [-0.2, -0.15) is 0 Å². The third kappa shape index (κ3) is 1.26. The van der Waals surface area contributed by atoms with E-state index in [0.717, 1.165) is 4.67 Å². The SMILES string of the molecule is Brc1ccc(C2(C3CCCN3)CC2)o1. The minimum atomic E-state index is 0.336. The second kappa shape index (κ2) is 3.11. The smallest absolute Gasteiger partial charge is 0.169 e. The van der Waals surface area contributed by atoms with Gasteiger partial charge in [0.2, 0.25) is 0 Å². The van der Waals surface area contributed by atoms with Crippen molar-refractivity contribution in [1.82, 2.24) is 5.32 Å². The maximum Gasteiger partial charge on any atom is 0.169 e. The van der Waals surface area contributed by atoms with Crippen molar-refractivity contribution in [2.24, 2.45) is 0 Å². The average Bonchev–Trinajstić information content (AvgIpc) is 2.68. The molecule has 3 rings (SSSR count). The van der Waals surface area contributed by atoms with Gasteiger partial charge in [-0.25, -0.2) is 0 Å². The lowest BCUT2D eigenvalue weighted by Gasteiger charge is -2.20. The molecule has 2 heterocycles. The third-order valence-electron chi connectivity index (χ3n) is 3.58. The summed E-state index contributed by atoms with van der Waals surface area (Å²) < 4.78 is 6.56. The fourth-order valence-electron chi connectivity index (χ4n) is 2.64. The highest BCUT2D eigenvalue weighted by atomic mass is 79.9. The summed E-state index contributed by atoms with van der Waals surface area (Å²) in [6.07, 6.45) is 5.18. The molecule has 1 aromatic rings. The Hall–Kier alpha value is -0.280. The van der Waals surface area contributed by atoms with Crippen molar-refractivity contribution in [3.8, 4) is 0 Å². The molecule has 0 amide bonds. The predicted octanol–water partition coefficient (Wildman–Crippen LogP) is 2.83. The summed E-state index contributed by atoms with van der Waals surface area (Å²) >= 11 is 3.37. The zero-order valence-corrected chi connectivity index (χ0v) is 9.64. The maximum atomic E-state index is 5.70. The number of hydrogen-bond donors (Lipinski definition) is 1. The van der Waals surface area contributed by atoms with Gasteiger partial charge in [0.15, 0.2) is 4.67 Å². The molecule has 2 fully saturated rings. The van der Waals surface area contributed by atoms with E-state index in [1.54, 1.807) is 0 Å². The average molecular weight is 256 g/mol. The molecule has 0 radical (unpaired) electrons. The zero-order chi connectivity index (χ0) is 9.60. The van der Waals surface area contributed by atoms with Crippen LogP contribution >= 0.6 is 15.9 Å². The summed E-state index contributed by atoms with van der Waals surface area (Å²) in [6, 6.07) is 4.78. The summed E-state index contributed by atoms with van der Waals surface area (Å²) in [6.45, 7) is 1.17. The molecule has 1 saturated heterocycles. The molecule has 76 valence electrons. The van der Waals surface area contributed by atoms with Crippen molar-refractivity contribution in [2.45, 2.75) is 37.1 Å². The number of nitrogens with one attached hydrogen (secondary N) is 1. The second-order valence-corrected chi connectivity index (χ2v) is 5.19. The van der Waals surface area contributed by atoms with Crippen molar-refractivity contribution in [3.63, 3.8) is 0 Å². The monoisotopic (exact) mass is 255 g/mol. The van der Waals surface area contributed by atoms with Crippen LogP contribution in [0.5, 0.6) is 0 Å². The van der Waals surface area contributed by atoms with Crippen molar-refractivity contribution >= 4 is 15.9 Å². The van der Waals surface area contributed by atoms with Gasteiger partial charge >= 0.3 is 0 Å². The summed E-state index contributed by atoms with van der Waals surface area (Å²) in [5.41, 5.74) is 0.336. The molecule has 0 bridgehead atoms. The van der Waals surface area contributed by atoms with E-state index in [-0.39, 0.29) is 0 Å². The van der Waals surface area contributed by atoms with Gasteiger partial charge in [0.05, 0.1) is 0 Å². The van der Waals surface area contributed by atoms with E-state index < -0.39 is 0 Å². The number of hydrogen-bond acceptors (Lipinski definition) is 2. The normalized spacial score (nSPS) is 29.4. The summed E-state index contributed by atoms with van der Waals surface area (Å²) in [5.74, 6) is 1.17. The van der Waals surface area contributed by atoms with Gasteiger partial charge < -0.3 is 9.73 Å². The molecular formula is C11H14BrNO. The number of rotatable bonds is 2. The van der Waals surface area contributed by atoms with Crippen LogP contribution in [0.4, 0.5) is 0 Å². The van der Waals surface area contributed by atoms with Crippen LogP contribution in [0.25, 0.3) is 0 Å². The molecule has 3 heteroatoms. The predicted molar refractivity (Wildman–Crippen MR) is 58.3 cm³/mol. The lowest BCUT2D eigenvalue weighted by Crippen LogP contribution is -2.34. The fourth-order valence-corrected chi connectivity index (χ4v) is 2.95. The highest BCUT2D eigenvalue weighted by Gasteiger charge is 2.53. The lowest BCUT2D eigenvalue weighted by molar-refractivity contribution is 0.372. The molecule has 1 aromatic heterocycles. The van der Waals surface area contributed by atoms with Crippen LogP contribution in [0.15, 0.2) is 21.2 Å². The van der Waals surface area contributed by atoms with Crippen LogP contribution in [-0.2, 0) is 5.41 Å². The van der Waals surface area contributed by atoms with Gasteiger partial charge in [-0.15, -0.1) is 0 Å². The van der Waals surface area contributed by atoms with Crippen LogP contribution in [0.2, 0.25) is 0 Å². The molecule has 1 saturated carbocycles. The van der Waals surface area contributed by atoms with E-state index in [1.807, 2.05) is 6.07 Å². The molecule has 1 unspecified atom stereocenters. The Bertz CT molecular complexity index is 337. The second-order valence-electron chi connectivity index (χ2n) is 4.41. The van der Waals surface area contributed by atoms with Crippen molar-refractivity contribution in [1.29, 1.82) is 0 Å². The van der Waals surface area contributed by atoms with E-state index in [1.165, 1.54) is 38.0 Å². The van der Waals surface area contributed by atoms with Gasteiger partial charge in [-0.3, -0.25) is 0 Å². The molecule has 0 spiro atoms. The zero-order valence-electron chi connectivity index (χ0n) is 8.05. The topological polar surface area (TPSA) is 25.2 Å². The largest absolute Gasteiger partial charge is 0.454 e. The Kier molecular flexibility index (Phi) is 1.99. The van der Waals surface area contributed by atoms with Crippen LogP contribution < -0.4 is 5.32 Å². The van der Waals surface area contributed by atoms with E-state index >= 15 is 0 Å². The first-order valence-electron chi connectivity index (χ1n) is 5.30. The highest BCUT2D eigenvalue weighted by Crippen LogP contribution is 2.53. The quantitative estimate of drug-likeness (QED) is 0.880. The Morgan fingerprint density at radius 3 is 2.79 bits per heavy atom. The molecular weight excluding hydrogens is 242 g/mol. The van der Waals surface area contributed by atoms with Crippen molar-refractivity contribution < 1.29 is 4.42 Å². The molecule has 0 aromatic carbocycles. The molecule has 2 aliphatic rings. The van der Waals surface area contributed by atoms with E-state index in [0.29, 0.717) is 11.5 Å². The number of furan rings is 1. The molecule has 1 N–H and O–H groups in total. The summed E-state index contributed by atoms with van der Waals surface area (Å²) in [5, 5.41) is 3.59. The van der Waals surface area contributed by atoms with E-state index in [4.69, 9.17) is 4.42 Å². The highest BCUT2D eigenvalue weighted by molar-refractivity contribution is 9.10. The molecule has 1 aliphatic carbocycles. The molecule has 2 nitrogen and oxygen atoms in total. The minimum absolute atomic E-state index is 0.336. The minimum Gasteiger partial charge on any atom is -0.454 e. The summed E-state index contributed by atoms with van der Waals surface area (Å²) in [7, 11) is 0. The molecule has 14 heavy (non-hydrogen) atoms. The van der Waals surface area contributed by atoms with Gasteiger partial charge in [-0.05, 0) is 60.3 Å². The lowest BCUT2D eigenvalue weighted by atomic mass is 9.92. The Morgan fingerprint density at radius 2 is 2.29 bits per heavy atom. The van der Waals surface area contributed by atoms with Crippen LogP contribution in [0, 0.1) is 0 Å². The first-order chi connectivity index (χ1) is 6.81. The summed E-state index contributed by atoms with van der Waals surface area (Å²) in [4.78, 5) is 0. The maximum absolute atomic E-state index is 5.70. The Balaban J connectivity index is 1.89. The Morgan fingerprint density at radius 1 is 1.43 bits per heavy atom. The van der Waals surface area contributed by atoms with Gasteiger partial charge in [0.25, 0.3) is 0 Å². The van der Waals surface area contributed by atoms with E-state index in [2.05, 4.69) is 27.3 Å². The third-order valence-corrected chi connectivity index (χ3v) is 4.01. The van der Waals surface area contributed by atoms with Crippen molar-refractivity contribution in [2.75, 3.05) is 6.54 Å². The van der Waals surface area contributed by atoms with E-state index in [9.17, 15) is 0 Å². The molecule has 1 atom stereocenters. The van der Waals surface area contributed by atoms with Crippen LogP contribution in [-0.4, -0.2) is 12.6 Å². The molecule has 1 aliphatic heterocycles. The van der Waals surface area contributed by atoms with Gasteiger partial charge in [0.1, 0.15) is 5.76 Å².